The number of thioether (sulfide) groups is 1. The number of nitrogens with zero attached hydrogens (tertiary/aromatic N) is 2. The van der Waals surface area contributed by atoms with Gasteiger partial charge in [-0.15, -0.1) is 11.8 Å². The number of aliphatic imine (C=N–C) groups is 1. The fraction of sp³-hybridized carbons (Fsp3) is 0.179. The monoisotopic (exact) mass is 500 g/mol. The zero-order chi connectivity index (χ0) is 24.9. The van der Waals surface area contributed by atoms with Crippen molar-refractivity contribution in [1.82, 2.24) is 4.90 Å². The summed E-state index contributed by atoms with van der Waals surface area (Å²) in [6.45, 7) is -0.201. The summed E-state index contributed by atoms with van der Waals surface area (Å²) in [5, 5.41) is 8.79. The summed E-state index contributed by atoms with van der Waals surface area (Å²) in [4.78, 5) is 37.0. The Morgan fingerprint density at radius 1 is 1.00 bits per heavy atom. The number of β-lactam (4-membered cyclic amide) rings is 1. The van der Waals surface area contributed by atoms with Crippen LogP contribution in [0.2, 0.25) is 0 Å². The summed E-state index contributed by atoms with van der Waals surface area (Å²) >= 11 is 1.48. The van der Waals surface area contributed by atoms with Crippen molar-refractivity contribution in [2.45, 2.75) is 17.5 Å². The van der Waals surface area contributed by atoms with Crippen LogP contribution in [-0.2, 0) is 19.2 Å². The van der Waals surface area contributed by atoms with Gasteiger partial charge >= 0.3 is 5.97 Å². The van der Waals surface area contributed by atoms with Crippen LogP contribution in [0, 0.1) is 0 Å². The summed E-state index contributed by atoms with van der Waals surface area (Å²) in [5.41, 5.74) is 3.10. The molecule has 0 radical (unpaired) electrons. The molecule has 1 unspecified atom stereocenters. The molecule has 3 aromatic rings. The first-order chi connectivity index (χ1) is 17.7. The number of esters is 1. The van der Waals surface area contributed by atoms with Crippen LogP contribution < -0.4 is 0 Å². The maximum absolute atomic E-state index is 13.6. The van der Waals surface area contributed by atoms with Gasteiger partial charge in [-0.2, -0.15) is 0 Å². The molecule has 0 bridgehead atoms. The van der Waals surface area contributed by atoms with E-state index in [0.717, 1.165) is 16.7 Å². The van der Waals surface area contributed by atoms with Crippen molar-refractivity contribution < 1.29 is 24.5 Å². The molecular weight excluding hydrogens is 476 g/mol. The Balaban J connectivity index is 1.42. The van der Waals surface area contributed by atoms with E-state index in [-0.39, 0.29) is 23.6 Å². The van der Waals surface area contributed by atoms with Crippen LogP contribution in [0.5, 0.6) is 0 Å². The normalized spacial score (nSPS) is 19.4. The molecule has 1 N–H and O–H groups in total. The predicted molar refractivity (Wildman–Crippen MR) is 137 cm³/mol. The van der Waals surface area contributed by atoms with Crippen LogP contribution in [-0.4, -0.2) is 52.0 Å². The molecule has 36 heavy (non-hydrogen) atoms. The highest BCUT2D eigenvalue weighted by atomic mass is 32.2. The van der Waals surface area contributed by atoms with Gasteiger partial charge in [0.2, 0.25) is 0 Å². The number of carbonyl (C=O) groups is 2. The van der Waals surface area contributed by atoms with Gasteiger partial charge in [-0.25, -0.2) is 9.68 Å². The van der Waals surface area contributed by atoms with Crippen LogP contribution in [0.4, 0.5) is 0 Å². The van der Waals surface area contributed by atoms with Gasteiger partial charge in [-0.1, -0.05) is 91.0 Å². The highest BCUT2D eigenvalue weighted by Gasteiger charge is 2.54. The first kappa shape index (κ1) is 24.0. The average molecular weight is 501 g/mol. The molecule has 2 atom stereocenters. The molecule has 0 saturated carbocycles. The molecule has 2 heterocycles. The van der Waals surface area contributed by atoms with Gasteiger partial charge in [0, 0.05) is 12.0 Å². The van der Waals surface area contributed by atoms with Gasteiger partial charge in [0.25, 0.3) is 5.91 Å². The van der Waals surface area contributed by atoms with E-state index in [4.69, 9.17) is 9.99 Å². The molecule has 0 aromatic heterocycles. The van der Waals surface area contributed by atoms with Gasteiger partial charge in [0.1, 0.15) is 17.7 Å². The number of rotatable bonds is 8. The first-order valence-corrected chi connectivity index (χ1v) is 12.5. The van der Waals surface area contributed by atoms with Crippen molar-refractivity contribution in [3.8, 4) is 0 Å². The Morgan fingerprint density at radius 3 is 2.17 bits per heavy atom. The molecule has 0 spiro atoms. The van der Waals surface area contributed by atoms with Gasteiger partial charge in [0.15, 0.2) is 12.1 Å². The van der Waals surface area contributed by atoms with Gasteiger partial charge in [-0.05, 0) is 22.3 Å². The molecule has 0 aliphatic carbocycles. The summed E-state index contributed by atoms with van der Waals surface area (Å²) in [6.07, 6.45) is 1.01. The minimum absolute atomic E-state index is 0.112. The molecule has 5 rings (SSSR count). The summed E-state index contributed by atoms with van der Waals surface area (Å²) in [5.74, 6) is -0.542. The Hall–Kier alpha value is -3.72. The number of hydrogen-bond donors (Lipinski definition) is 1. The first-order valence-electron chi connectivity index (χ1n) is 11.5. The second kappa shape index (κ2) is 10.9. The molecule has 3 aromatic carbocycles. The average Bonchev–Trinajstić information content (AvgIpc) is 2.93. The molecule has 1 fully saturated rings. The van der Waals surface area contributed by atoms with Crippen molar-refractivity contribution in [3.05, 3.63) is 119 Å². The lowest BCUT2D eigenvalue weighted by atomic mass is 10.0. The molecule has 2 aliphatic rings. The zero-order valence-electron chi connectivity index (χ0n) is 19.3. The maximum atomic E-state index is 13.6. The smallest absolute Gasteiger partial charge is 0.356 e. The second-order valence-electron chi connectivity index (χ2n) is 8.38. The van der Waals surface area contributed by atoms with E-state index in [9.17, 15) is 9.59 Å². The quantitative estimate of drug-likeness (QED) is 0.162. The minimum Gasteiger partial charge on any atom is -0.448 e. The predicted octanol–water partition coefficient (Wildman–Crippen LogP) is 4.47. The minimum atomic E-state index is -0.667. The Labute approximate surface area is 213 Å². The number of amides is 1. The van der Waals surface area contributed by atoms with E-state index in [1.165, 1.54) is 16.7 Å². The molecule has 1 saturated heterocycles. The lowest BCUT2D eigenvalue weighted by Crippen LogP contribution is -2.64. The Bertz CT molecular complexity index is 1240. The van der Waals surface area contributed by atoms with Crippen molar-refractivity contribution >= 4 is 29.9 Å². The van der Waals surface area contributed by atoms with Crippen molar-refractivity contribution in [1.29, 1.82) is 0 Å². The summed E-state index contributed by atoms with van der Waals surface area (Å²) in [7, 11) is 0. The van der Waals surface area contributed by atoms with Crippen LogP contribution in [0.15, 0.2) is 107 Å². The highest BCUT2D eigenvalue weighted by molar-refractivity contribution is 8.00. The number of carbonyl (C=O) groups excluding carboxylic acids is 2. The van der Waals surface area contributed by atoms with Crippen LogP contribution in [0.1, 0.15) is 22.8 Å². The van der Waals surface area contributed by atoms with Crippen molar-refractivity contribution in [2.75, 3.05) is 12.4 Å². The third-order valence-corrected chi connectivity index (χ3v) is 7.39. The number of hydrogen-bond acceptors (Lipinski definition) is 7. The molecule has 7 nitrogen and oxygen atoms in total. The van der Waals surface area contributed by atoms with E-state index in [1.54, 1.807) is 6.21 Å². The highest BCUT2D eigenvalue weighted by Crippen LogP contribution is 2.42. The van der Waals surface area contributed by atoms with E-state index in [2.05, 4.69) is 9.88 Å². The summed E-state index contributed by atoms with van der Waals surface area (Å²) in [6, 6.07) is 27.8. The standard InChI is InChI=1S/C28H24N2O5S/c31-26-23(29-16-19-10-4-1-5-11-19)27-30(26)24(22(17-34-33)18-36-27)28(32)35-25(20-12-6-2-7-13-20)21-14-8-3-9-15-21/h1-16,23,25,27,33H,17-18H2/t23?,27-/m0/s1. The van der Waals surface area contributed by atoms with Crippen LogP contribution in [0.3, 0.4) is 0 Å². The summed E-state index contributed by atoms with van der Waals surface area (Å²) < 4.78 is 6.03. The number of fused-ring (bicyclic) bond motifs is 1. The molecule has 2 aliphatic heterocycles. The van der Waals surface area contributed by atoms with Crippen molar-refractivity contribution in [3.63, 3.8) is 0 Å². The lowest BCUT2D eigenvalue weighted by molar-refractivity contribution is -0.234. The third-order valence-electron chi connectivity index (χ3n) is 6.06. The van der Waals surface area contributed by atoms with Gasteiger partial charge in [0.05, 0.1) is 0 Å². The third kappa shape index (κ3) is 4.83. The lowest BCUT2D eigenvalue weighted by Gasteiger charge is -2.48. The Morgan fingerprint density at radius 2 is 1.58 bits per heavy atom. The molecule has 1 amide bonds. The van der Waals surface area contributed by atoms with E-state index in [0.29, 0.717) is 11.3 Å². The fourth-order valence-corrected chi connectivity index (χ4v) is 5.62. The zero-order valence-corrected chi connectivity index (χ0v) is 20.1. The van der Waals surface area contributed by atoms with E-state index in [1.807, 2.05) is 91.0 Å². The van der Waals surface area contributed by atoms with Crippen LogP contribution >= 0.6 is 11.8 Å². The molecular formula is C28H24N2O5S. The van der Waals surface area contributed by atoms with Gasteiger partial charge in [-0.3, -0.25) is 19.9 Å². The maximum Gasteiger partial charge on any atom is 0.356 e. The molecule has 8 heteroatoms. The van der Waals surface area contributed by atoms with Crippen LogP contribution in [0.25, 0.3) is 0 Å². The van der Waals surface area contributed by atoms with E-state index < -0.39 is 18.1 Å². The van der Waals surface area contributed by atoms with Crippen molar-refractivity contribution in [2.24, 2.45) is 4.99 Å². The molecule has 182 valence electrons. The Kier molecular flexibility index (Phi) is 7.27. The SMILES string of the molecule is O=C(OC(c1ccccc1)c1ccccc1)C1=C(COO)CS[C@H]2C(N=Cc3ccccc3)C(=O)N12. The van der Waals surface area contributed by atoms with Gasteiger partial charge < -0.3 is 4.74 Å². The second-order valence-corrected chi connectivity index (χ2v) is 9.48. The number of benzene rings is 3. The van der Waals surface area contributed by atoms with E-state index >= 15 is 0 Å². The largest absolute Gasteiger partial charge is 0.448 e. The fourth-order valence-electron chi connectivity index (χ4n) is 4.30. The topological polar surface area (TPSA) is 88.4 Å². The number of ether oxygens (including phenoxy) is 1.